The molecule has 70 valence electrons. The number of hydrogen-bond donors (Lipinski definition) is 1. The Hall–Kier alpha value is -1.58. The fourth-order valence-electron chi connectivity index (χ4n) is 1.00. The van der Waals surface area contributed by atoms with Crippen molar-refractivity contribution in [3.63, 3.8) is 0 Å². The molecule has 0 bridgehead atoms. The zero-order valence-corrected chi connectivity index (χ0v) is 7.41. The summed E-state index contributed by atoms with van der Waals surface area (Å²) in [7, 11) is 1.38. The first-order valence-electron chi connectivity index (χ1n) is 3.72. The molecule has 4 heteroatoms. The largest absolute Gasteiger partial charge is 0.494 e. The van der Waals surface area contributed by atoms with E-state index in [-0.39, 0.29) is 17.0 Å². The van der Waals surface area contributed by atoms with E-state index in [1.807, 2.05) is 0 Å². The molecule has 0 atom stereocenters. The van der Waals surface area contributed by atoms with Crippen molar-refractivity contribution >= 4 is 5.71 Å². The molecule has 0 spiro atoms. The Kier molecular flexibility index (Phi) is 2.84. The second-order valence-corrected chi connectivity index (χ2v) is 2.51. The van der Waals surface area contributed by atoms with E-state index in [2.05, 4.69) is 5.16 Å². The van der Waals surface area contributed by atoms with Crippen molar-refractivity contribution in [2.24, 2.45) is 5.16 Å². The lowest BCUT2D eigenvalue weighted by Crippen LogP contribution is -2.00. The third kappa shape index (κ3) is 1.77. The van der Waals surface area contributed by atoms with Crippen LogP contribution in [0.3, 0.4) is 0 Å². The lowest BCUT2D eigenvalue weighted by atomic mass is 10.1. The zero-order chi connectivity index (χ0) is 9.84. The number of benzene rings is 1. The van der Waals surface area contributed by atoms with Crippen molar-refractivity contribution in [2.75, 3.05) is 7.11 Å². The summed E-state index contributed by atoms with van der Waals surface area (Å²) < 4.78 is 18.2. The summed E-state index contributed by atoms with van der Waals surface area (Å²) in [5.41, 5.74) is 0.457. The summed E-state index contributed by atoms with van der Waals surface area (Å²) in [6, 6.07) is 4.66. The molecule has 1 aromatic rings. The molecule has 0 fully saturated rings. The van der Waals surface area contributed by atoms with E-state index in [1.165, 1.54) is 26.2 Å². The highest BCUT2D eigenvalue weighted by molar-refractivity contribution is 5.98. The number of hydrogen-bond acceptors (Lipinski definition) is 3. The van der Waals surface area contributed by atoms with Crippen LogP contribution in [0.2, 0.25) is 0 Å². The summed E-state index contributed by atoms with van der Waals surface area (Å²) in [4.78, 5) is 0. The average Bonchev–Trinajstić information content (AvgIpc) is 2.17. The van der Waals surface area contributed by atoms with Gasteiger partial charge in [-0.05, 0) is 19.1 Å². The Morgan fingerprint density at radius 2 is 2.23 bits per heavy atom. The number of halogens is 1. The minimum absolute atomic E-state index is 0.139. The fourth-order valence-corrected chi connectivity index (χ4v) is 1.00. The van der Waals surface area contributed by atoms with Gasteiger partial charge in [0.15, 0.2) is 11.6 Å². The second kappa shape index (κ2) is 3.89. The van der Waals surface area contributed by atoms with Crippen LogP contribution >= 0.6 is 0 Å². The molecule has 0 aliphatic rings. The summed E-state index contributed by atoms with van der Waals surface area (Å²) in [5.74, 6) is -0.374. The van der Waals surface area contributed by atoms with Gasteiger partial charge >= 0.3 is 0 Å². The molecule has 0 aliphatic carbocycles. The molecule has 0 radical (unpaired) electrons. The summed E-state index contributed by atoms with van der Waals surface area (Å²) in [6.07, 6.45) is 0. The van der Waals surface area contributed by atoms with E-state index < -0.39 is 5.82 Å². The highest BCUT2D eigenvalue weighted by Gasteiger charge is 2.10. The predicted octanol–water partition coefficient (Wildman–Crippen LogP) is 2.03. The summed E-state index contributed by atoms with van der Waals surface area (Å²) in [5, 5.41) is 11.4. The molecule has 0 saturated carbocycles. The minimum atomic E-state index is -0.514. The van der Waals surface area contributed by atoms with E-state index in [9.17, 15) is 4.39 Å². The lowest BCUT2D eigenvalue weighted by Gasteiger charge is -2.05. The van der Waals surface area contributed by atoms with E-state index in [0.29, 0.717) is 0 Å². The standard InChI is InChI=1S/C9H10FNO2/c1-6(11-12)7-4-3-5-8(13-2)9(7)10/h3-5,12H,1-2H3/b11-6+. The van der Waals surface area contributed by atoms with Gasteiger partial charge in [-0.25, -0.2) is 4.39 Å². The molecule has 0 aliphatic heterocycles. The molecule has 1 N–H and O–H groups in total. The van der Waals surface area contributed by atoms with Crippen LogP contribution in [-0.2, 0) is 0 Å². The first-order valence-corrected chi connectivity index (χ1v) is 3.72. The molecule has 0 amide bonds. The summed E-state index contributed by atoms with van der Waals surface area (Å²) >= 11 is 0. The maximum absolute atomic E-state index is 13.4. The van der Waals surface area contributed by atoms with Crippen molar-refractivity contribution < 1.29 is 14.3 Å². The van der Waals surface area contributed by atoms with E-state index in [0.717, 1.165) is 0 Å². The Balaban J connectivity index is 3.23. The molecule has 1 aromatic carbocycles. The zero-order valence-electron chi connectivity index (χ0n) is 7.41. The third-order valence-electron chi connectivity index (χ3n) is 1.72. The maximum atomic E-state index is 13.4. The molecule has 1 rings (SSSR count). The van der Waals surface area contributed by atoms with Crippen LogP contribution in [0.4, 0.5) is 4.39 Å². The van der Waals surface area contributed by atoms with Crippen LogP contribution < -0.4 is 4.74 Å². The molecule has 0 aromatic heterocycles. The number of rotatable bonds is 2. The van der Waals surface area contributed by atoms with Gasteiger partial charge < -0.3 is 9.94 Å². The molecular formula is C9H10FNO2. The van der Waals surface area contributed by atoms with Gasteiger partial charge in [-0.1, -0.05) is 11.2 Å². The molecule has 0 unspecified atom stereocenters. The van der Waals surface area contributed by atoms with Gasteiger partial charge in [-0.2, -0.15) is 0 Å². The lowest BCUT2D eigenvalue weighted by molar-refractivity contribution is 0.318. The van der Waals surface area contributed by atoms with E-state index in [1.54, 1.807) is 6.07 Å². The van der Waals surface area contributed by atoms with Gasteiger partial charge in [0.2, 0.25) is 0 Å². The fraction of sp³-hybridized carbons (Fsp3) is 0.222. The van der Waals surface area contributed by atoms with E-state index in [4.69, 9.17) is 9.94 Å². The van der Waals surface area contributed by atoms with Crippen molar-refractivity contribution in [3.8, 4) is 5.75 Å². The smallest absolute Gasteiger partial charge is 0.174 e. The van der Waals surface area contributed by atoms with Crippen LogP contribution in [0, 0.1) is 5.82 Å². The number of methoxy groups -OCH3 is 1. The normalized spacial score (nSPS) is 11.5. The highest BCUT2D eigenvalue weighted by Crippen LogP contribution is 2.20. The van der Waals surface area contributed by atoms with Gasteiger partial charge in [0.1, 0.15) is 0 Å². The maximum Gasteiger partial charge on any atom is 0.174 e. The van der Waals surface area contributed by atoms with Crippen LogP contribution in [0.25, 0.3) is 0 Å². The molecule has 3 nitrogen and oxygen atoms in total. The SMILES string of the molecule is COc1cccc(/C(C)=N/O)c1F. The van der Waals surface area contributed by atoms with Crippen molar-refractivity contribution in [1.29, 1.82) is 0 Å². The minimum Gasteiger partial charge on any atom is -0.494 e. The second-order valence-electron chi connectivity index (χ2n) is 2.51. The first kappa shape index (κ1) is 9.51. The van der Waals surface area contributed by atoms with Crippen LogP contribution in [0.5, 0.6) is 5.75 Å². The molecule has 0 saturated heterocycles. The van der Waals surface area contributed by atoms with Gasteiger partial charge in [0, 0.05) is 5.56 Å². The topological polar surface area (TPSA) is 41.8 Å². The quantitative estimate of drug-likeness (QED) is 0.433. The summed E-state index contributed by atoms with van der Waals surface area (Å²) in [6.45, 7) is 1.51. The molecule has 13 heavy (non-hydrogen) atoms. The number of nitrogens with zero attached hydrogens (tertiary/aromatic N) is 1. The van der Waals surface area contributed by atoms with Crippen molar-refractivity contribution in [2.45, 2.75) is 6.92 Å². The Labute approximate surface area is 75.4 Å². The van der Waals surface area contributed by atoms with Crippen molar-refractivity contribution in [1.82, 2.24) is 0 Å². The monoisotopic (exact) mass is 183 g/mol. The van der Waals surface area contributed by atoms with Gasteiger partial charge in [-0.3, -0.25) is 0 Å². The van der Waals surface area contributed by atoms with Crippen LogP contribution in [0.15, 0.2) is 23.4 Å². The van der Waals surface area contributed by atoms with Crippen LogP contribution in [-0.4, -0.2) is 18.0 Å². The van der Waals surface area contributed by atoms with Gasteiger partial charge in [0.05, 0.1) is 12.8 Å². The highest BCUT2D eigenvalue weighted by atomic mass is 19.1. The van der Waals surface area contributed by atoms with Crippen molar-refractivity contribution in [3.05, 3.63) is 29.6 Å². The predicted molar refractivity (Wildman–Crippen MR) is 46.9 cm³/mol. The Morgan fingerprint density at radius 3 is 2.77 bits per heavy atom. The van der Waals surface area contributed by atoms with Gasteiger partial charge in [-0.15, -0.1) is 0 Å². The molecule has 0 heterocycles. The first-order chi connectivity index (χ1) is 6.20. The number of ether oxygens (including phenoxy) is 1. The average molecular weight is 183 g/mol. The Bertz CT molecular complexity index is 336. The molecular weight excluding hydrogens is 173 g/mol. The van der Waals surface area contributed by atoms with E-state index >= 15 is 0 Å². The van der Waals surface area contributed by atoms with Gasteiger partial charge in [0.25, 0.3) is 0 Å². The number of oxime groups is 1. The van der Waals surface area contributed by atoms with Crippen LogP contribution in [0.1, 0.15) is 12.5 Å². The third-order valence-corrected chi connectivity index (χ3v) is 1.72. The Morgan fingerprint density at radius 1 is 1.54 bits per heavy atom.